The summed E-state index contributed by atoms with van der Waals surface area (Å²) in [7, 11) is 0. The van der Waals surface area contributed by atoms with Crippen molar-refractivity contribution < 1.29 is 14.3 Å². The molecular weight excluding hydrogens is 438 g/mol. The van der Waals surface area contributed by atoms with E-state index >= 15 is 0 Å². The van der Waals surface area contributed by atoms with Crippen LogP contribution in [0.15, 0.2) is 103 Å². The molecule has 0 aromatic heterocycles. The molecule has 0 aliphatic rings. The van der Waals surface area contributed by atoms with Gasteiger partial charge in [-0.3, -0.25) is 9.59 Å². The second kappa shape index (κ2) is 11.0. The number of rotatable bonds is 8. The van der Waals surface area contributed by atoms with E-state index in [0.717, 1.165) is 16.9 Å². The number of nitrogens with one attached hydrogen (secondary N) is 3. The van der Waals surface area contributed by atoms with Crippen LogP contribution in [0.25, 0.3) is 0 Å². The predicted octanol–water partition coefficient (Wildman–Crippen LogP) is 6.40. The van der Waals surface area contributed by atoms with Gasteiger partial charge in [0.15, 0.2) is 6.10 Å². The van der Waals surface area contributed by atoms with Gasteiger partial charge >= 0.3 is 0 Å². The highest BCUT2D eigenvalue weighted by molar-refractivity contribution is 6.10. The minimum atomic E-state index is -0.738. The topological polar surface area (TPSA) is 79.5 Å². The molecular formula is C29H27N3O3. The number of hydrogen-bond acceptors (Lipinski definition) is 4. The van der Waals surface area contributed by atoms with Crippen molar-refractivity contribution in [3.05, 3.63) is 114 Å². The Kier molecular flexibility index (Phi) is 7.43. The predicted molar refractivity (Wildman–Crippen MR) is 140 cm³/mol. The van der Waals surface area contributed by atoms with Crippen molar-refractivity contribution in [2.75, 3.05) is 16.0 Å². The van der Waals surface area contributed by atoms with Crippen LogP contribution in [-0.2, 0) is 4.79 Å². The molecule has 0 aliphatic heterocycles. The monoisotopic (exact) mass is 465 g/mol. The number of hydrogen-bond donors (Lipinski definition) is 3. The summed E-state index contributed by atoms with van der Waals surface area (Å²) in [6.45, 7) is 3.65. The van der Waals surface area contributed by atoms with Gasteiger partial charge < -0.3 is 20.7 Å². The third-order valence-corrected chi connectivity index (χ3v) is 5.34. The fourth-order valence-corrected chi connectivity index (χ4v) is 3.42. The van der Waals surface area contributed by atoms with Crippen molar-refractivity contribution in [3.8, 4) is 5.75 Å². The number of carbonyl (C=O) groups is 2. The van der Waals surface area contributed by atoms with Gasteiger partial charge in [-0.2, -0.15) is 0 Å². The fraction of sp³-hybridized carbons (Fsp3) is 0.103. The quantitative estimate of drug-likeness (QED) is 0.281. The Balaban J connectivity index is 1.39. The lowest BCUT2D eigenvalue weighted by atomic mass is 10.1. The minimum absolute atomic E-state index is 0.322. The van der Waals surface area contributed by atoms with Crippen LogP contribution >= 0.6 is 0 Å². The van der Waals surface area contributed by atoms with E-state index in [9.17, 15) is 9.59 Å². The van der Waals surface area contributed by atoms with E-state index in [4.69, 9.17) is 4.74 Å². The zero-order chi connectivity index (χ0) is 24.6. The van der Waals surface area contributed by atoms with Crippen molar-refractivity contribution in [1.82, 2.24) is 0 Å². The highest BCUT2D eigenvalue weighted by atomic mass is 16.5. The molecule has 35 heavy (non-hydrogen) atoms. The molecule has 0 fully saturated rings. The molecule has 3 N–H and O–H groups in total. The number of anilines is 4. The average Bonchev–Trinajstić information content (AvgIpc) is 2.87. The Labute approximate surface area is 205 Å². The van der Waals surface area contributed by atoms with E-state index in [1.54, 1.807) is 31.2 Å². The van der Waals surface area contributed by atoms with Gasteiger partial charge in [-0.25, -0.2) is 0 Å². The summed E-state index contributed by atoms with van der Waals surface area (Å²) < 4.78 is 5.73. The molecule has 6 heteroatoms. The van der Waals surface area contributed by atoms with E-state index < -0.39 is 6.10 Å². The molecule has 0 saturated heterocycles. The van der Waals surface area contributed by atoms with Gasteiger partial charge in [0.1, 0.15) is 5.75 Å². The molecule has 1 unspecified atom stereocenters. The molecule has 6 nitrogen and oxygen atoms in total. The summed E-state index contributed by atoms with van der Waals surface area (Å²) in [5, 5.41) is 9.00. The normalized spacial score (nSPS) is 11.3. The molecule has 0 aliphatic carbocycles. The number of aryl methyl sites for hydroxylation is 1. The van der Waals surface area contributed by atoms with Gasteiger partial charge in [-0.05, 0) is 74.5 Å². The first-order chi connectivity index (χ1) is 17.0. The molecule has 2 amide bonds. The second-order valence-corrected chi connectivity index (χ2v) is 8.13. The Morgan fingerprint density at radius 2 is 1.29 bits per heavy atom. The molecule has 0 spiro atoms. The number of para-hydroxylation sites is 2. The van der Waals surface area contributed by atoms with Gasteiger partial charge in [0.05, 0.1) is 11.3 Å². The van der Waals surface area contributed by atoms with Crippen LogP contribution in [0.4, 0.5) is 22.7 Å². The smallest absolute Gasteiger partial charge is 0.265 e. The van der Waals surface area contributed by atoms with Crippen molar-refractivity contribution in [3.63, 3.8) is 0 Å². The maximum absolute atomic E-state index is 13.0. The first kappa shape index (κ1) is 23.6. The summed E-state index contributed by atoms with van der Waals surface area (Å²) in [6, 6.07) is 31.6. The highest BCUT2D eigenvalue weighted by Gasteiger charge is 2.18. The Hall–Kier alpha value is -4.58. The highest BCUT2D eigenvalue weighted by Crippen LogP contribution is 2.22. The van der Waals surface area contributed by atoms with Crippen LogP contribution in [-0.4, -0.2) is 17.9 Å². The Bertz CT molecular complexity index is 1290. The molecule has 4 rings (SSSR count). The molecule has 0 bridgehead atoms. The SMILES string of the molecule is Cc1ccc(OC(C)C(=O)Nc2ccccc2C(=O)Nc2ccc(Nc3ccccc3)cc2)cc1. The molecule has 176 valence electrons. The van der Waals surface area contributed by atoms with E-state index in [0.29, 0.717) is 22.7 Å². The van der Waals surface area contributed by atoms with E-state index in [2.05, 4.69) is 16.0 Å². The zero-order valence-electron chi connectivity index (χ0n) is 19.6. The largest absolute Gasteiger partial charge is 0.481 e. The first-order valence-electron chi connectivity index (χ1n) is 11.3. The van der Waals surface area contributed by atoms with E-state index in [1.807, 2.05) is 85.8 Å². The number of carbonyl (C=O) groups excluding carboxylic acids is 2. The van der Waals surface area contributed by atoms with Gasteiger partial charge in [0, 0.05) is 17.1 Å². The molecule has 4 aromatic rings. The minimum Gasteiger partial charge on any atom is -0.481 e. The van der Waals surface area contributed by atoms with Gasteiger partial charge in [0.25, 0.3) is 11.8 Å². The van der Waals surface area contributed by atoms with E-state index in [-0.39, 0.29) is 11.8 Å². The van der Waals surface area contributed by atoms with Crippen LogP contribution in [0.2, 0.25) is 0 Å². The molecule has 0 heterocycles. The zero-order valence-corrected chi connectivity index (χ0v) is 19.6. The molecule has 4 aromatic carbocycles. The molecule has 0 radical (unpaired) electrons. The Morgan fingerprint density at radius 1 is 0.686 bits per heavy atom. The van der Waals surface area contributed by atoms with Crippen molar-refractivity contribution in [1.29, 1.82) is 0 Å². The first-order valence-corrected chi connectivity index (χ1v) is 11.3. The standard InChI is InChI=1S/C29H27N3O3/c1-20-12-18-25(19-13-20)35-21(2)28(33)32-27-11-7-6-10-26(27)29(34)31-24-16-14-23(15-17-24)30-22-8-4-3-5-9-22/h3-19,21,30H,1-2H3,(H,31,34)(H,32,33). The maximum Gasteiger partial charge on any atom is 0.265 e. The summed E-state index contributed by atoms with van der Waals surface area (Å²) in [5.74, 6) is -0.0616. The van der Waals surface area contributed by atoms with E-state index in [1.165, 1.54) is 0 Å². The van der Waals surface area contributed by atoms with Gasteiger partial charge in [-0.1, -0.05) is 48.0 Å². The van der Waals surface area contributed by atoms with Crippen molar-refractivity contribution in [2.24, 2.45) is 0 Å². The van der Waals surface area contributed by atoms with Crippen LogP contribution in [0.5, 0.6) is 5.75 Å². The fourth-order valence-electron chi connectivity index (χ4n) is 3.42. The summed E-state index contributed by atoms with van der Waals surface area (Å²) >= 11 is 0. The summed E-state index contributed by atoms with van der Waals surface area (Å²) in [6.07, 6.45) is -0.738. The van der Waals surface area contributed by atoms with Crippen LogP contribution in [0.3, 0.4) is 0 Å². The van der Waals surface area contributed by atoms with Crippen molar-refractivity contribution >= 4 is 34.6 Å². The van der Waals surface area contributed by atoms with Crippen LogP contribution < -0.4 is 20.7 Å². The number of amides is 2. The average molecular weight is 466 g/mol. The summed E-state index contributed by atoms with van der Waals surface area (Å²) in [5.41, 5.74) is 4.41. The Morgan fingerprint density at radius 3 is 2.00 bits per heavy atom. The van der Waals surface area contributed by atoms with Gasteiger partial charge in [0.2, 0.25) is 0 Å². The lowest BCUT2D eigenvalue weighted by molar-refractivity contribution is -0.122. The molecule has 0 saturated carbocycles. The molecule has 1 atom stereocenters. The van der Waals surface area contributed by atoms with Crippen LogP contribution in [0.1, 0.15) is 22.8 Å². The van der Waals surface area contributed by atoms with Gasteiger partial charge in [-0.15, -0.1) is 0 Å². The number of ether oxygens (including phenoxy) is 1. The van der Waals surface area contributed by atoms with Crippen LogP contribution in [0, 0.1) is 6.92 Å². The summed E-state index contributed by atoms with van der Waals surface area (Å²) in [4.78, 5) is 25.7. The lowest BCUT2D eigenvalue weighted by Crippen LogP contribution is -2.31. The number of benzene rings is 4. The third-order valence-electron chi connectivity index (χ3n) is 5.34. The van der Waals surface area contributed by atoms with Crippen molar-refractivity contribution in [2.45, 2.75) is 20.0 Å². The third kappa shape index (κ3) is 6.48. The maximum atomic E-state index is 13.0. The lowest BCUT2D eigenvalue weighted by Gasteiger charge is -2.16. The second-order valence-electron chi connectivity index (χ2n) is 8.13.